The van der Waals surface area contributed by atoms with Crippen molar-refractivity contribution in [3.8, 4) is 17.2 Å². The molecule has 0 spiro atoms. The van der Waals surface area contributed by atoms with Crippen LogP contribution in [0.2, 0.25) is 10.0 Å². The number of carbonyl (C=O) groups is 3. The molecule has 0 aliphatic heterocycles. The quantitative estimate of drug-likeness (QED) is 0.247. The predicted octanol–water partition coefficient (Wildman–Crippen LogP) is 5.36. The molecule has 0 saturated heterocycles. The second kappa shape index (κ2) is 18.3. The molecule has 3 N–H and O–H groups in total. The molecule has 1 atom stereocenters. The van der Waals surface area contributed by atoms with E-state index in [1.54, 1.807) is 13.0 Å². The summed E-state index contributed by atoms with van der Waals surface area (Å²) in [4.78, 5) is 36.4. The van der Waals surface area contributed by atoms with Crippen molar-refractivity contribution in [2.24, 2.45) is 5.73 Å². The Balaban J connectivity index is 0.000000314. The fourth-order valence-electron chi connectivity index (χ4n) is 2.85. The van der Waals surface area contributed by atoms with E-state index in [1.165, 1.54) is 44.0 Å². The molecular formula is C28H32Cl2N2O8. The van der Waals surface area contributed by atoms with Crippen molar-refractivity contribution in [3.05, 3.63) is 82.1 Å². The molecule has 1 amide bonds. The molecule has 0 saturated carbocycles. The number of amides is 1. The minimum atomic E-state index is -0.762. The number of hydrogen-bond donors (Lipinski definition) is 2. The first kappa shape index (κ1) is 34.0. The topological polar surface area (TPSA) is 147 Å². The van der Waals surface area contributed by atoms with E-state index < -0.39 is 11.9 Å². The van der Waals surface area contributed by atoms with E-state index in [2.05, 4.69) is 9.72 Å². The van der Waals surface area contributed by atoms with Crippen molar-refractivity contribution < 1.29 is 38.4 Å². The van der Waals surface area contributed by atoms with Crippen LogP contribution in [0, 0.1) is 0 Å². The lowest BCUT2D eigenvalue weighted by atomic mass is 10.1. The smallest absolute Gasteiger partial charge is 0.305 e. The van der Waals surface area contributed by atoms with E-state index in [-0.39, 0.29) is 46.8 Å². The number of rotatable bonds is 9. The monoisotopic (exact) mass is 594 g/mol. The SMILES string of the molecule is CCC(=O)OC(C)Cc1ccccc1.COc1ccnc(C(N)=O)c1OCOC(C)=O.Oc1ccc(Cl)cc1Cl. The van der Waals surface area contributed by atoms with Crippen molar-refractivity contribution >= 4 is 41.0 Å². The number of aromatic nitrogens is 1. The van der Waals surface area contributed by atoms with Crippen LogP contribution < -0.4 is 15.2 Å². The van der Waals surface area contributed by atoms with Gasteiger partial charge in [-0.2, -0.15) is 0 Å². The molecule has 3 rings (SSSR count). The van der Waals surface area contributed by atoms with Crippen molar-refractivity contribution in [3.63, 3.8) is 0 Å². The second-order valence-corrected chi connectivity index (χ2v) is 8.74. The maximum atomic E-state index is 11.1. The number of nitrogens with zero attached hydrogens (tertiary/aromatic N) is 1. The molecule has 3 aromatic rings. The third-order valence-corrected chi connectivity index (χ3v) is 5.22. The zero-order chi connectivity index (χ0) is 30.1. The summed E-state index contributed by atoms with van der Waals surface area (Å²) < 4.78 is 19.8. The number of phenolic OH excluding ortho intramolecular Hbond substituents is 1. The van der Waals surface area contributed by atoms with Crippen molar-refractivity contribution in [1.29, 1.82) is 0 Å². The molecule has 0 aliphatic carbocycles. The van der Waals surface area contributed by atoms with Crippen LogP contribution >= 0.6 is 23.2 Å². The largest absolute Gasteiger partial charge is 0.506 e. The van der Waals surface area contributed by atoms with Gasteiger partial charge in [0.2, 0.25) is 6.79 Å². The van der Waals surface area contributed by atoms with Gasteiger partial charge in [0.1, 0.15) is 11.9 Å². The summed E-state index contributed by atoms with van der Waals surface area (Å²) in [6, 6.07) is 16.0. The summed E-state index contributed by atoms with van der Waals surface area (Å²) in [5, 5.41) is 9.66. The highest BCUT2D eigenvalue weighted by Crippen LogP contribution is 2.29. The summed E-state index contributed by atoms with van der Waals surface area (Å²) in [6.45, 7) is 4.61. The molecule has 12 heteroatoms. The van der Waals surface area contributed by atoms with Crippen LogP contribution in [0.25, 0.3) is 0 Å². The fraction of sp³-hybridized carbons (Fsp3) is 0.286. The lowest BCUT2D eigenvalue weighted by molar-refractivity contribution is -0.148. The van der Waals surface area contributed by atoms with Gasteiger partial charge < -0.3 is 29.8 Å². The minimum absolute atomic E-state index is 0.0372. The van der Waals surface area contributed by atoms with E-state index in [4.69, 9.17) is 48.3 Å². The van der Waals surface area contributed by atoms with Gasteiger partial charge in [-0.25, -0.2) is 4.98 Å². The first-order valence-corrected chi connectivity index (χ1v) is 12.7. The highest BCUT2D eigenvalue weighted by Gasteiger charge is 2.16. The van der Waals surface area contributed by atoms with Crippen LogP contribution in [0.5, 0.6) is 17.2 Å². The number of halogens is 2. The highest BCUT2D eigenvalue weighted by atomic mass is 35.5. The maximum absolute atomic E-state index is 11.1. The number of nitrogens with two attached hydrogens (primary N) is 1. The average Bonchev–Trinajstić information content (AvgIpc) is 2.91. The van der Waals surface area contributed by atoms with Gasteiger partial charge in [-0.05, 0) is 30.7 Å². The molecule has 1 heterocycles. The Morgan fingerprint density at radius 2 is 1.75 bits per heavy atom. The van der Waals surface area contributed by atoms with E-state index in [0.29, 0.717) is 11.4 Å². The van der Waals surface area contributed by atoms with Crippen LogP contribution in [0.15, 0.2) is 60.8 Å². The number of hydrogen-bond acceptors (Lipinski definition) is 9. The standard InChI is InChI=1S/C12H16O2.C10H12N2O5.C6H4Cl2O/c1-3-12(13)14-10(2)9-11-7-5-4-6-8-11;1-6(13)16-5-17-9-7(15-2)3-4-12-8(9)10(11)14;7-4-1-2-6(9)5(8)3-4/h4-8,10H,3,9H2,1-2H3;3-4H,5H2,1-2H3,(H2,11,14);1-3,9H. The lowest BCUT2D eigenvalue weighted by Gasteiger charge is -2.12. The molecule has 0 fully saturated rings. The lowest BCUT2D eigenvalue weighted by Crippen LogP contribution is -2.17. The Kier molecular flexibility index (Phi) is 15.6. The van der Waals surface area contributed by atoms with E-state index in [9.17, 15) is 14.4 Å². The molecule has 1 aromatic heterocycles. The number of aromatic hydroxyl groups is 1. The van der Waals surface area contributed by atoms with Gasteiger partial charge in [0.05, 0.1) is 12.1 Å². The van der Waals surface area contributed by atoms with Gasteiger partial charge in [-0.15, -0.1) is 0 Å². The van der Waals surface area contributed by atoms with Gasteiger partial charge in [0, 0.05) is 37.1 Å². The first-order valence-electron chi connectivity index (χ1n) is 11.9. The highest BCUT2D eigenvalue weighted by molar-refractivity contribution is 6.35. The van der Waals surface area contributed by atoms with Crippen molar-refractivity contribution in [2.45, 2.75) is 39.7 Å². The number of pyridine rings is 1. The molecule has 40 heavy (non-hydrogen) atoms. The van der Waals surface area contributed by atoms with Crippen LogP contribution in [0.3, 0.4) is 0 Å². The van der Waals surface area contributed by atoms with Gasteiger partial charge in [-0.3, -0.25) is 14.4 Å². The Morgan fingerprint density at radius 3 is 2.27 bits per heavy atom. The molecule has 1 unspecified atom stereocenters. The fourth-order valence-corrected chi connectivity index (χ4v) is 3.26. The Hall–Kier alpha value is -4.02. The van der Waals surface area contributed by atoms with Crippen LogP contribution in [0.4, 0.5) is 0 Å². The molecule has 0 aliphatic rings. The summed E-state index contributed by atoms with van der Waals surface area (Å²) in [5.74, 6) is -1.02. The molecular weight excluding hydrogens is 563 g/mol. The van der Waals surface area contributed by atoms with Crippen LogP contribution in [0.1, 0.15) is 43.2 Å². The summed E-state index contributed by atoms with van der Waals surface area (Å²) in [6.07, 6.45) is 2.55. The Morgan fingerprint density at radius 1 is 1.07 bits per heavy atom. The minimum Gasteiger partial charge on any atom is -0.506 e. The van der Waals surface area contributed by atoms with E-state index in [0.717, 1.165) is 6.42 Å². The normalized spacial score (nSPS) is 10.4. The third-order valence-electron chi connectivity index (χ3n) is 4.68. The number of phenols is 1. The number of primary amides is 1. The number of esters is 2. The maximum Gasteiger partial charge on any atom is 0.305 e. The average molecular weight is 595 g/mol. The zero-order valence-electron chi connectivity index (χ0n) is 22.6. The first-order chi connectivity index (χ1) is 19.0. The van der Waals surface area contributed by atoms with Gasteiger partial charge in [0.25, 0.3) is 5.91 Å². The molecule has 10 nitrogen and oxygen atoms in total. The predicted molar refractivity (Wildman–Crippen MR) is 151 cm³/mol. The summed E-state index contributed by atoms with van der Waals surface area (Å²) >= 11 is 11.0. The molecule has 0 bridgehead atoms. The van der Waals surface area contributed by atoms with Gasteiger partial charge >= 0.3 is 11.9 Å². The molecule has 216 valence electrons. The van der Waals surface area contributed by atoms with Crippen molar-refractivity contribution in [1.82, 2.24) is 4.98 Å². The van der Waals surface area contributed by atoms with E-state index in [1.807, 2.05) is 37.3 Å². The summed E-state index contributed by atoms with van der Waals surface area (Å²) in [5.41, 5.74) is 6.24. The van der Waals surface area contributed by atoms with Crippen molar-refractivity contribution in [2.75, 3.05) is 13.9 Å². The zero-order valence-corrected chi connectivity index (χ0v) is 24.1. The molecule has 2 aromatic carbocycles. The van der Waals surface area contributed by atoms with Crippen LogP contribution in [-0.4, -0.2) is 47.9 Å². The second-order valence-electron chi connectivity index (χ2n) is 7.89. The number of methoxy groups -OCH3 is 1. The van der Waals surface area contributed by atoms with Gasteiger partial charge in [0.15, 0.2) is 17.2 Å². The third kappa shape index (κ3) is 13.2. The number of carbonyl (C=O) groups excluding carboxylic acids is 3. The van der Waals surface area contributed by atoms with Gasteiger partial charge in [-0.1, -0.05) is 60.5 Å². The summed E-state index contributed by atoms with van der Waals surface area (Å²) in [7, 11) is 1.40. The Labute approximate surface area is 242 Å². The number of ether oxygens (including phenoxy) is 4. The molecule has 0 radical (unpaired) electrons. The number of benzene rings is 2. The Bertz CT molecular complexity index is 1240. The van der Waals surface area contributed by atoms with Crippen LogP contribution in [-0.2, 0) is 25.5 Å². The van der Waals surface area contributed by atoms with E-state index >= 15 is 0 Å².